The van der Waals surface area contributed by atoms with E-state index in [1.54, 1.807) is 6.92 Å². The lowest BCUT2D eigenvalue weighted by atomic mass is 10.1. The molecule has 112 valence electrons. The molecule has 0 spiro atoms. The summed E-state index contributed by atoms with van der Waals surface area (Å²) in [4.78, 5) is 3.73. The number of nitrogens with one attached hydrogen (secondary N) is 1. The number of hydrogen-bond donors (Lipinski definition) is 2. The molecule has 8 heteroatoms. The Balaban J connectivity index is 2.24. The van der Waals surface area contributed by atoms with Crippen LogP contribution in [0.3, 0.4) is 0 Å². The van der Waals surface area contributed by atoms with Crippen molar-refractivity contribution >= 4 is 43.4 Å². The molecule has 0 aliphatic carbocycles. The summed E-state index contributed by atoms with van der Waals surface area (Å²) in [7, 11) is -3.72. The molecule has 2 aromatic rings. The highest BCUT2D eigenvalue weighted by Gasteiger charge is 2.19. The van der Waals surface area contributed by atoms with Gasteiger partial charge in [-0.05, 0) is 30.7 Å². The number of nitrogens with two attached hydrogens (primary N) is 1. The Morgan fingerprint density at radius 2 is 1.95 bits per heavy atom. The Labute approximate surface area is 136 Å². The summed E-state index contributed by atoms with van der Waals surface area (Å²) < 4.78 is 28.1. The van der Waals surface area contributed by atoms with Gasteiger partial charge in [-0.2, -0.15) is 0 Å². The highest BCUT2D eigenvalue weighted by molar-refractivity contribution is 9.10. The van der Waals surface area contributed by atoms with Crippen LogP contribution in [0.5, 0.6) is 0 Å². The molecule has 0 aliphatic heterocycles. The lowest BCUT2D eigenvalue weighted by Crippen LogP contribution is -2.27. The van der Waals surface area contributed by atoms with Gasteiger partial charge in [-0.3, -0.25) is 0 Å². The molecule has 1 aromatic heterocycles. The number of pyridine rings is 1. The van der Waals surface area contributed by atoms with E-state index in [2.05, 4.69) is 25.6 Å². The first kappa shape index (κ1) is 16.2. The molecule has 1 aromatic carbocycles. The maximum absolute atomic E-state index is 12.3. The normalized spacial score (nSPS) is 13.1. The zero-order valence-electron chi connectivity index (χ0n) is 11.0. The smallest absolute Gasteiger partial charge is 0.242 e. The van der Waals surface area contributed by atoms with E-state index in [-0.39, 0.29) is 21.8 Å². The number of hydrogen-bond acceptors (Lipinski definition) is 4. The van der Waals surface area contributed by atoms with E-state index in [1.165, 1.54) is 12.3 Å². The van der Waals surface area contributed by atoms with Gasteiger partial charge in [-0.15, -0.1) is 0 Å². The Morgan fingerprint density at radius 1 is 1.33 bits per heavy atom. The summed E-state index contributed by atoms with van der Waals surface area (Å²) >= 11 is 9.14. The van der Waals surface area contributed by atoms with Gasteiger partial charge in [0.2, 0.25) is 10.0 Å². The van der Waals surface area contributed by atoms with Crippen molar-refractivity contribution in [1.29, 1.82) is 0 Å². The van der Waals surface area contributed by atoms with Gasteiger partial charge in [0.1, 0.15) is 10.7 Å². The molecule has 5 nitrogen and oxygen atoms in total. The average molecular weight is 391 g/mol. The molecule has 3 N–H and O–H groups in total. The van der Waals surface area contributed by atoms with Gasteiger partial charge in [0, 0.05) is 16.7 Å². The van der Waals surface area contributed by atoms with E-state index in [4.69, 9.17) is 17.3 Å². The summed E-state index contributed by atoms with van der Waals surface area (Å²) in [6, 6.07) is 8.26. The molecule has 0 radical (unpaired) electrons. The van der Waals surface area contributed by atoms with E-state index < -0.39 is 10.0 Å². The van der Waals surface area contributed by atoms with Crippen LogP contribution in [0, 0.1) is 0 Å². The number of rotatable bonds is 4. The van der Waals surface area contributed by atoms with Gasteiger partial charge in [0.15, 0.2) is 0 Å². The Hall–Kier alpha value is -1.15. The van der Waals surface area contributed by atoms with Crippen molar-refractivity contribution in [2.75, 3.05) is 5.73 Å². The zero-order chi connectivity index (χ0) is 15.6. The second kappa shape index (κ2) is 6.31. The molecule has 0 bridgehead atoms. The van der Waals surface area contributed by atoms with Crippen LogP contribution in [-0.2, 0) is 10.0 Å². The molecular formula is C13H13BrClN3O2S. The standard InChI is InChI=1S/C13H13BrClN3O2S/c1-8(9-2-4-10(14)5-3-9)18-21(19,20)11-6-12(15)13(16)17-7-11/h2-8,18H,1H3,(H2,16,17). The minimum atomic E-state index is -3.72. The number of halogens is 2. The fourth-order valence-electron chi connectivity index (χ4n) is 1.70. The molecule has 1 atom stereocenters. The summed E-state index contributed by atoms with van der Waals surface area (Å²) in [5.41, 5.74) is 6.32. The van der Waals surface area contributed by atoms with Crippen LogP contribution in [0.4, 0.5) is 5.82 Å². The third-order valence-corrected chi connectivity index (χ3v) is 5.20. The molecule has 2 rings (SSSR count). The monoisotopic (exact) mass is 389 g/mol. The molecular weight excluding hydrogens is 378 g/mol. The van der Waals surface area contributed by atoms with Crippen molar-refractivity contribution in [3.63, 3.8) is 0 Å². The number of anilines is 1. The predicted molar refractivity (Wildman–Crippen MR) is 86.5 cm³/mol. The number of aromatic nitrogens is 1. The molecule has 21 heavy (non-hydrogen) atoms. The summed E-state index contributed by atoms with van der Waals surface area (Å²) in [6.45, 7) is 1.76. The molecule has 0 fully saturated rings. The van der Waals surface area contributed by atoms with Crippen molar-refractivity contribution < 1.29 is 8.42 Å². The lowest BCUT2D eigenvalue weighted by Gasteiger charge is -2.15. The maximum atomic E-state index is 12.3. The van der Waals surface area contributed by atoms with Crippen LogP contribution < -0.4 is 10.5 Å². The van der Waals surface area contributed by atoms with Gasteiger partial charge < -0.3 is 5.73 Å². The quantitative estimate of drug-likeness (QED) is 0.840. The third kappa shape index (κ3) is 3.94. The number of benzene rings is 1. The van der Waals surface area contributed by atoms with E-state index in [0.29, 0.717) is 0 Å². The van der Waals surface area contributed by atoms with E-state index in [0.717, 1.165) is 10.0 Å². The van der Waals surface area contributed by atoms with Gasteiger partial charge in [0.05, 0.1) is 5.02 Å². The van der Waals surface area contributed by atoms with Crippen LogP contribution in [0.2, 0.25) is 5.02 Å². The average Bonchev–Trinajstić information content (AvgIpc) is 2.42. The molecule has 0 amide bonds. The van der Waals surface area contributed by atoms with Crippen LogP contribution in [0.1, 0.15) is 18.5 Å². The van der Waals surface area contributed by atoms with Gasteiger partial charge in [-0.1, -0.05) is 39.7 Å². The summed E-state index contributed by atoms with van der Waals surface area (Å²) in [5.74, 6) is 0.0941. The molecule has 0 aliphatic rings. The first-order chi connectivity index (χ1) is 9.79. The van der Waals surface area contributed by atoms with Crippen molar-refractivity contribution in [2.45, 2.75) is 17.9 Å². The van der Waals surface area contributed by atoms with Crippen molar-refractivity contribution in [3.8, 4) is 0 Å². The topological polar surface area (TPSA) is 85.1 Å². The van der Waals surface area contributed by atoms with E-state index in [1.807, 2.05) is 24.3 Å². The van der Waals surface area contributed by atoms with Crippen molar-refractivity contribution in [2.24, 2.45) is 0 Å². The first-order valence-corrected chi connectivity index (χ1v) is 8.64. The van der Waals surface area contributed by atoms with Crippen LogP contribution in [-0.4, -0.2) is 13.4 Å². The van der Waals surface area contributed by atoms with Crippen LogP contribution >= 0.6 is 27.5 Å². The number of sulfonamides is 1. The van der Waals surface area contributed by atoms with Gasteiger partial charge in [0.25, 0.3) is 0 Å². The Kier molecular flexibility index (Phi) is 4.88. The second-order valence-corrected chi connectivity index (χ2v) is 7.47. The Morgan fingerprint density at radius 3 is 2.52 bits per heavy atom. The highest BCUT2D eigenvalue weighted by atomic mass is 79.9. The molecule has 0 saturated heterocycles. The number of nitrogen functional groups attached to an aromatic ring is 1. The molecule has 0 saturated carbocycles. The maximum Gasteiger partial charge on any atom is 0.242 e. The van der Waals surface area contributed by atoms with Gasteiger partial charge >= 0.3 is 0 Å². The molecule has 1 heterocycles. The minimum absolute atomic E-state index is 0.0225. The number of nitrogens with zero attached hydrogens (tertiary/aromatic N) is 1. The minimum Gasteiger partial charge on any atom is -0.382 e. The van der Waals surface area contributed by atoms with Gasteiger partial charge in [-0.25, -0.2) is 18.1 Å². The lowest BCUT2D eigenvalue weighted by molar-refractivity contribution is 0.566. The molecule has 1 unspecified atom stereocenters. The van der Waals surface area contributed by atoms with E-state index >= 15 is 0 Å². The summed E-state index contributed by atoms with van der Waals surface area (Å²) in [6.07, 6.45) is 1.18. The Bertz CT molecular complexity index is 751. The fraction of sp³-hybridized carbons (Fsp3) is 0.154. The third-order valence-electron chi connectivity index (χ3n) is 2.86. The van der Waals surface area contributed by atoms with Crippen molar-refractivity contribution in [3.05, 3.63) is 51.6 Å². The first-order valence-electron chi connectivity index (χ1n) is 5.98. The van der Waals surface area contributed by atoms with Crippen LogP contribution in [0.15, 0.2) is 45.9 Å². The second-order valence-electron chi connectivity index (χ2n) is 4.43. The predicted octanol–water partition coefficient (Wildman–Crippen LogP) is 3.12. The highest BCUT2D eigenvalue weighted by Crippen LogP contribution is 2.22. The van der Waals surface area contributed by atoms with Crippen molar-refractivity contribution in [1.82, 2.24) is 9.71 Å². The SMILES string of the molecule is CC(NS(=O)(=O)c1cnc(N)c(Cl)c1)c1ccc(Br)cc1. The zero-order valence-corrected chi connectivity index (χ0v) is 14.2. The fourth-order valence-corrected chi connectivity index (χ4v) is 3.40. The largest absolute Gasteiger partial charge is 0.382 e. The van der Waals surface area contributed by atoms with E-state index in [9.17, 15) is 8.42 Å². The van der Waals surface area contributed by atoms with Crippen LogP contribution in [0.25, 0.3) is 0 Å². The summed E-state index contributed by atoms with van der Waals surface area (Å²) in [5, 5.41) is 0.106.